The van der Waals surface area contributed by atoms with Crippen molar-refractivity contribution >= 4 is 5.97 Å². The second-order valence-corrected chi connectivity index (χ2v) is 3.62. The number of aryl methyl sites for hydroxylation is 1. The smallest absolute Gasteiger partial charge is 0.312 e. The predicted molar refractivity (Wildman–Crippen MR) is 65.1 cm³/mol. The van der Waals surface area contributed by atoms with Crippen LogP contribution in [0.1, 0.15) is 18.9 Å². The summed E-state index contributed by atoms with van der Waals surface area (Å²) in [5, 5.41) is 0. The summed E-state index contributed by atoms with van der Waals surface area (Å²) in [5.41, 5.74) is 1.23. The van der Waals surface area contributed by atoms with Crippen LogP contribution in [0.5, 0.6) is 0 Å². The summed E-state index contributed by atoms with van der Waals surface area (Å²) >= 11 is 0. The number of carbonyl (C=O) groups is 1. The van der Waals surface area contributed by atoms with Gasteiger partial charge >= 0.3 is 5.97 Å². The summed E-state index contributed by atoms with van der Waals surface area (Å²) in [4.78, 5) is 11.5. The highest BCUT2D eigenvalue weighted by molar-refractivity contribution is 5.74. The first-order valence-corrected chi connectivity index (χ1v) is 5.61. The minimum Gasteiger partial charge on any atom is -0.466 e. The fourth-order valence-corrected chi connectivity index (χ4v) is 1.55. The fraction of sp³-hybridized carbons (Fsp3) is 0.357. The Morgan fingerprint density at radius 2 is 2.12 bits per heavy atom. The Labute approximate surface area is 96.9 Å². The Bertz CT molecular complexity index is 330. The number of hydrogen-bond donors (Lipinski definition) is 0. The molecule has 0 aliphatic carbocycles. The fourth-order valence-electron chi connectivity index (χ4n) is 1.55. The number of benzene rings is 1. The van der Waals surface area contributed by atoms with Gasteiger partial charge in [-0.2, -0.15) is 0 Å². The van der Waals surface area contributed by atoms with Crippen molar-refractivity contribution in [2.75, 3.05) is 6.61 Å². The molecule has 0 N–H and O–H groups in total. The maximum Gasteiger partial charge on any atom is 0.312 e. The Morgan fingerprint density at radius 1 is 1.44 bits per heavy atom. The maximum atomic E-state index is 11.5. The largest absolute Gasteiger partial charge is 0.466 e. The second kappa shape index (κ2) is 6.83. The van der Waals surface area contributed by atoms with Crippen LogP contribution >= 0.6 is 0 Å². The summed E-state index contributed by atoms with van der Waals surface area (Å²) in [6.45, 7) is 5.92. The van der Waals surface area contributed by atoms with Gasteiger partial charge in [0.25, 0.3) is 0 Å². The molecule has 0 saturated carbocycles. The zero-order chi connectivity index (χ0) is 11.8. The first kappa shape index (κ1) is 12.5. The van der Waals surface area contributed by atoms with Crippen LogP contribution in [-0.4, -0.2) is 12.6 Å². The highest BCUT2D eigenvalue weighted by Gasteiger charge is 2.15. The van der Waals surface area contributed by atoms with E-state index in [2.05, 4.69) is 18.7 Å². The maximum absolute atomic E-state index is 11.5. The lowest BCUT2D eigenvalue weighted by Gasteiger charge is -2.10. The van der Waals surface area contributed by atoms with E-state index in [0.29, 0.717) is 6.61 Å². The molecule has 2 nitrogen and oxygen atoms in total. The molecule has 0 bridgehead atoms. The van der Waals surface area contributed by atoms with Gasteiger partial charge < -0.3 is 4.74 Å². The van der Waals surface area contributed by atoms with E-state index in [1.54, 1.807) is 6.08 Å². The second-order valence-electron chi connectivity index (χ2n) is 3.62. The monoisotopic (exact) mass is 218 g/mol. The highest BCUT2D eigenvalue weighted by atomic mass is 16.5. The van der Waals surface area contributed by atoms with Crippen molar-refractivity contribution in [3.63, 3.8) is 0 Å². The normalized spacial score (nSPS) is 11.8. The van der Waals surface area contributed by atoms with Crippen molar-refractivity contribution in [1.82, 2.24) is 0 Å². The van der Waals surface area contributed by atoms with Gasteiger partial charge in [-0.05, 0) is 25.3 Å². The molecule has 0 radical (unpaired) electrons. The van der Waals surface area contributed by atoms with Gasteiger partial charge in [-0.1, -0.05) is 36.4 Å². The van der Waals surface area contributed by atoms with E-state index in [1.807, 2.05) is 25.1 Å². The zero-order valence-electron chi connectivity index (χ0n) is 9.69. The van der Waals surface area contributed by atoms with E-state index < -0.39 is 0 Å². The molecular formula is C14H18O2. The predicted octanol–water partition coefficient (Wildman–Crippen LogP) is 2.98. The van der Waals surface area contributed by atoms with E-state index in [0.717, 1.165) is 12.8 Å². The van der Waals surface area contributed by atoms with Crippen LogP contribution in [-0.2, 0) is 16.0 Å². The van der Waals surface area contributed by atoms with Crippen LogP contribution in [0.3, 0.4) is 0 Å². The molecular weight excluding hydrogens is 200 g/mol. The summed E-state index contributed by atoms with van der Waals surface area (Å²) in [6.07, 6.45) is 3.30. The minimum absolute atomic E-state index is 0.173. The van der Waals surface area contributed by atoms with Crippen LogP contribution in [0.4, 0.5) is 0 Å². The lowest BCUT2D eigenvalue weighted by Crippen LogP contribution is -2.16. The summed E-state index contributed by atoms with van der Waals surface area (Å²) in [6, 6.07) is 10.1. The molecule has 0 spiro atoms. The van der Waals surface area contributed by atoms with Gasteiger partial charge in [0.15, 0.2) is 0 Å². The van der Waals surface area contributed by atoms with Crippen molar-refractivity contribution in [2.24, 2.45) is 5.92 Å². The number of rotatable bonds is 6. The molecule has 1 unspecified atom stereocenters. The number of hydrogen-bond acceptors (Lipinski definition) is 2. The molecule has 1 aromatic carbocycles. The van der Waals surface area contributed by atoms with Gasteiger partial charge in [-0.25, -0.2) is 0 Å². The molecule has 1 rings (SSSR count). The van der Waals surface area contributed by atoms with Crippen molar-refractivity contribution in [1.29, 1.82) is 0 Å². The zero-order valence-corrected chi connectivity index (χ0v) is 9.69. The van der Waals surface area contributed by atoms with E-state index in [4.69, 9.17) is 4.74 Å². The first-order valence-electron chi connectivity index (χ1n) is 5.61. The van der Waals surface area contributed by atoms with Crippen LogP contribution < -0.4 is 0 Å². The highest BCUT2D eigenvalue weighted by Crippen LogP contribution is 2.12. The van der Waals surface area contributed by atoms with Crippen LogP contribution in [0.15, 0.2) is 43.0 Å². The van der Waals surface area contributed by atoms with Gasteiger partial charge in [-0.3, -0.25) is 4.79 Å². The van der Waals surface area contributed by atoms with Crippen molar-refractivity contribution in [2.45, 2.75) is 19.8 Å². The number of esters is 1. The third-order valence-electron chi connectivity index (χ3n) is 2.46. The van der Waals surface area contributed by atoms with E-state index in [1.165, 1.54) is 5.56 Å². The Hall–Kier alpha value is -1.57. The molecule has 0 heterocycles. The lowest BCUT2D eigenvalue weighted by atomic mass is 10.00. The SMILES string of the molecule is C=CC(CCc1ccccc1)C(=O)OCC. The standard InChI is InChI=1S/C14H18O2/c1-3-13(14(15)16-4-2)11-10-12-8-6-5-7-9-12/h3,5-9,13H,1,4,10-11H2,2H3. The van der Waals surface area contributed by atoms with Crippen molar-refractivity contribution in [3.05, 3.63) is 48.6 Å². The van der Waals surface area contributed by atoms with Crippen LogP contribution in [0.25, 0.3) is 0 Å². The molecule has 0 fully saturated rings. The van der Waals surface area contributed by atoms with Gasteiger partial charge in [0, 0.05) is 0 Å². The van der Waals surface area contributed by atoms with Gasteiger partial charge in [0.2, 0.25) is 0 Å². The molecule has 1 aromatic rings. The molecule has 0 saturated heterocycles. The molecule has 0 aromatic heterocycles. The van der Waals surface area contributed by atoms with Gasteiger partial charge in [0.1, 0.15) is 0 Å². The summed E-state index contributed by atoms with van der Waals surface area (Å²) in [7, 11) is 0. The topological polar surface area (TPSA) is 26.3 Å². The van der Waals surface area contributed by atoms with Crippen LogP contribution in [0.2, 0.25) is 0 Å². The van der Waals surface area contributed by atoms with Crippen molar-refractivity contribution in [3.8, 4) is 0 Å². The molecule has 16 heavy (non-hydrogen) atoms. The molecule has 0 aliphatic heterocycles. The third kappa shape index (κ3) is 3.89. The first-order chi connectivity index (χ1) is 7.77. The number of ether oxygens (including phenoxy) is 1. The Balaban J connectivity index is 2.46. The average molecular weight is 218 g/mol. The van der Waals surface area contributed by atoms with Gasteiger partial charge in [-0.15, -0.1) is 6.58 Å². The van der Waals surface area contributed by atoms with Crippen LogP contribution in [0, 0.1) is 5.92 Å². The quantitative estimate of drug-likeness (QED) is 0.542. The molecule has 2 heteroatoms. The van der Waals surface area contributed by atoms with Crippen molar-refractivity contribution < 1.29 is 9.53 Å². The van der Waals surface area contributed by atoms with E-state index in [9.17, 15) is 4.79 Å². The number of carbonyl (C=O) groups excluding carboxylic acids is 1. The van der Waals surface area contributed by atoms with E-state index in [-0.39, 0.29) is 11.9 Å². The minimum atomic E-state index is -0.194. The third-order valence-corrected chi connectivity index (χ3v) is 2.46. The molecule has 0 aliphatic rings. The summed E-state index contributed by atoms with van der Waals surface area (Å²) in [5.74, 6) is -0.367. The van der Waals surface area contributed by atoms with Gasteiger partial charge in [0.05, 0.1) is 12.5 Å². The van der Waals surface area contributed by atoms with E-state index >= 15 is 0 Å². The Morgan fingerprint density at radius 3 is 2.69 bits per heavy atom. The molecule has 86 valence electrons. The molecule has 1 atom stereocenters. The molecule has 0 amide bonds. The Kier molecular flexibility index (Phi) is 5.34. The lowest BCUT2D eigenvalue weighted by molar-refractivity contribution is -0.146. The summed E-state index contributed by atoms with van der Waals surface area (Å²) < 4.78 is 4.97. The average Bonchev–Trinajstić information content (AvgIpc) is 2.31.